The van der Waals surface area contributed by atoms with Crippen LogP contribution >= 0.6 is 11.6 Å². The van der Waals surface area contributed by atoms with Gasteiger partial charge in [-0.15, -0.1) is 0 Å². The molecule has 1 amide bonds. The molecule has 0 spiro atoms. The Morgan fingerprint density at radius 3 is 2.38 bits per heavy atom. The molecule has 0 radical (unpaired) electrons. The first-order chi connectivity index (χ1) is 11.3. The lowest BCUT2D eigenvalue weighted by atomic mass is 10.0. The van der Waals surface area contributed by atoms with Gasteiger partial charge >= 0.3 is 5.97 Å². The maximum atomic E-state index is 12.1. The molecule has 0 aliphatic heterocycles. The molecule has 2 aromatic carbocycles. The highest BCUT2D eigenvalue weighted by molar-refractivity contribution is 6.30. The number of hydrogen-bond acceptors (Lipinski definition) is 3. The number of benzene rings is 2. The summed E-state index contributed by atoms with van der Waals surface area (Å²) in [6.45, 7) is 5.55. The highest BCUT2D eigenvalue weighted by Crippen LogP contribution is 2.14. The minimum Gasteiger partial charge on any atom is -0.452 e. The van der Waals surface area contributed by atoms with Crippen molar-refractivity contribution in [2.45, 2.75) is 33.3 Å². The Morgan fingerprint density at radius 1 is 1.08 bits per heavy atom. The van der Waals surface area contributed by atoms with Crippen molar-refractivity contribution in [1.82, 2.24) is 0 Å². The van der Waals surface area contributed by atoms with E-state index in [0.29, 0.717) is 10.7 Å². The summed E-state index contributed by atoms with van der Waals surface area (Å²) in [7, 11) is 0. The summed E-state index contributed by atoms with van der Waals surface area (Å²) < 4.78 is 5.21. The van der Waals surface area contributed by atoms with Crippen molar-refractivity contribution in [2.75, 3.05) is 5.32 Å². The number of carbonyl (C=O) groups excluding carboxylic acids is 2. The number of rotatable bonds is 5. The van der Waals surface area contributed by atoms with Gasteiger partial charge in [0.2, 0.25) is 0 Å². The molecule has 0 unspecified atom stereocenters. The average molecular weight is 346 g/mol. The Hall–Kier alpha value is -2.33. The van der Waals surface area contributed by atoms with E-state index in [1.165, 1.54) is 5.56 Å². The molecule has 2 rings (SSSR count). The van der Waals surface area contributed by atoms with E-state index in [9.17, 15) is 9.59 Å². The predicted octanol–water partition coefficient (Wildman–Crippen LogP) is 4.07. The fourth-order valence-corrected chi connectivity index (χ4v) is 2.28. The Labute approximate surface area is 146 Å². The lowest BCUT2D eigenvalue weighted by molar-refractivity contribution is -0.152. The van der Waals surface area contributed by atoms with Crippen molar-refractivity contribution in [1.29, 1.82) is 0 Å². The molecule has 0 aliphatic carbocycles. The van der Waals surface area contributed by atoms with Gasteiger partial charge in [0.05, 0.1) is 6.42 Å². The molecule has 0 heterocycles. The van der Waals surface area contributed by atoms with Crippen molar-refractivity contribution in [3.63, 3.8) is 0 Å². The number of anilines is 1. The summed E-state index contributed by atoms with van der Waals surface area (Å²) >= 11 is 5.80. The molecule has 24 heavy (non-hydrogen) atoms. The zero-order chi connectivity index (χ0) is 17.7. The van der Waals surface area contributed by atoms with Crippen LogP contribution in [0.4, 0.5) is 5.69 Å². The van der Waals surface area contributed by atoms with Gasteiger partial charge in [-0.25, -0.2) is 0 Å². The molecule has 1 atom stereocenters. The van der Waals surface area contributed by atoms with Gasteiger partial charge in [-0.05, 0) is 61.7 Å². The monoisotopic (exact) mass is 345 g/mol. The van der Waals surface area contributed by atoms with E-state index in [2.05, 4.69) is 5.32 Å². The summed E-state index contributed by atoms with van der Waals surface area (Å²) in [5.74, 6) is -0.817. The molecule has 126 valence electrons. The van der Waals surface area contributed by atoms with Gasteiger partial charge in [0, 0.05) is 10.7 Å². The zero-order valence-corrected chi connectivity index (χ0v) is 14.7. The molecule has 0 bridgehead atoms. The maximum absolute atomic E-state index is 12.1. The van der Waals surface area contributed by atoms with E-state index in [-0.39, 0.29) is 12.3 Å². The van der Waals surface area contributed by atoms with Crippen LogP contribution in [0.1, 0.15) is 23.6 Å². The topological polar surface area (TPSA) is 55.4 Å². The van der Waals surface area contributed by atoms with Gasteiger partial charge in [0.25, 0.3) is 5.91 Å². The van der Waals surface area contributed by atoms with Crippen LogP contribution in [-0.4, -0.2) is 18.0 Å². The largest absolute Gasteiger partial charge is 0.452 e. The van der Waals surface area contributed by atoms with Crippen molar-refractivity contribution < 1.29 is 14.3 Å². The fraction of sp³-hybridized carbons (Fsp3) is 0.263. The van der Waals surface area contributed by atoms with Gasteiger partial charge in [-0.3, -0.25) is 9.59 Å². The molecule has 1 N–H and O–H groups in total. The van der Waals surface area contributed by atoms with E-state index in [1.54, 1.807) is 31.2 Å². The quantitative estimate of drug-likeness (QED) is 0.831. The van der Waals surface area contributed by atoms with E-state index in [0.717, 1.165) is 11.1 Å². The molecule has 0 fully saturated rings. The minimum absolute atomic E-state index is 0.139. The average Bonchev–Trinajstić information content (AvgIpc) is 2.53. The number of esters is 1. The third kappa shape index (κ3) is 5.10. The van der Waals surface area contributed by atoms with Crippen molar-refractivity contribution in [3.05, 3.63) is 64.2 Å². The van der Waals surface area contributed by atoms with Crippen LogP contribution in [0.15, 0.2) is 42.5 Å². The number of aryl methyl sites for hydroxylation is 2. The van der Waals surface area contributed by atoms with E-state index < -0.39 is 12.1 Å². The summed E-state index contributed by atoms with van der Waals surface area (Å²) in [6, 6.07) is 12.5. The summed E-state index contributed by atoms with van der Waals surface area (Å²) in [6.07, 6.45) is -0.737. The number of carbonyl (C=O) groups is 2. The van der Waals surface area contributed by atoms with E-state index in [4.69, 9.17) is 16.3 Å². The van der Waals surface area contributed by atoms with Crippen LogP contribution in [0.25, 0.3) is 0 Å². The summed E-state index contributed by atoms with van der Waals surface area (Å²) in [4.78, 5) is 24.1. The lowest BCUT2D eigenvalue weighted by Gasteiger charge is -2.14. The Bertz CT molecular complexity index is 741. The van der Waals surface area contributed by atoms with Crippen LogP contribution in [0, 0.1) is 13.8 Å². The summed E-state index contributed by atoms with van der Waals surface area (Å²) in [5, 5.41) is 3.26. The smallest absolute Gasteiger partial charge is 0.311 e. The molecular formula is C19H20ClNO3. The second kappa shape index (κ2) is 7.97. The predicted molar refractivity (Wildman–Crippen MR) is 95.3 cm³/mol. The van der Waals surface area contributed by atoms with Crippen molar-refractivity contribution in [2.24, 2.45) is 0 Å². The number of hydrogen-bond donors (Lipinski definition) is 1. The van der Waals surface area contributed by atoms with Crippen LogP contribution < -0.4 is 5.32 Å². The molecular weight excluding hydrogens is 326 g/mol. The Balaban J connectivity index is 1.89. The highest BCUT2D eigenvalue weighted by Gasteiger charge is 2.18. The van der Waals surface area contributed by atoms with Gasteiger partial charge in [0.15, 0.2) is 6.10 Å². The standard InChI is InChI=1S/C19H20ClNO3/c1-12-4-5-15(10-13(12)2)11-18(22)24-14(3)19(23)21-17-8-6-16(20)7-9-17/h4-10,14H,11H2,1-3H3,(H,21,23)/t14-/m1/s1. The molecule has 4 nitrogen and oxygen atoms in total. The van der Waals surface area contributed by atoms with Gasteiger partial charge < -0.3 is 10.1 Å². The Kier molecular flexibility index (Phi) is 5.99. The number of ether oxygens (including phenoxy) is 1. The fourth-order valence-electron chi connectivity index (χ4n) is 2.15. The molecule has 0 saturated carbocycles. The SMILES string of the molecule is Cc1ccc(CC(=O)O[C@H](C)C(=O)Nc2ccc(Cl)cc2)cc1C. The van der Waals surface area contributed by atoms with Crippen molar-refractivity contribution >= 4 is 29.2 Å². The molecule has 0 aromatic heterocycles. The number of halogens is 1. The van der Waals surface area contributed by atoms with Crippen LogP contribution in [0.5, 0.6) is 0 Å². The molecule has 5 heteroatoms. The second-order valence-corrected chi connectivity index (χ2v) is 6.16. The van der Waals surface area contributed by atoms with Gasteiger partial charge in [0.1, 0.15) is 0 Å². The second-order valence-electron chi connectivity index (χ2n) is 5.72. The summed E-state index contributed by atoms with van der Waals surface area (Å²) in [5.41, 5.74) is 3.76. The number of amides is 1. The number of nitrogens with one attached hydrogen (secondary N) is 1. The molecule has 2 aromatic rings. The minimum atomic E-state index is -0.875. The van der Waals surface area contributed by atoms with Gasteiger partial charge in [-0.2, -0.15) is 0 Å². The van der Waals surface area contributed by atoms with Crippen LogP contribution in [0.2, 0.25) is 5.02 Å². The maximum Gasteiger partial charge on any atom is 0.311 e. The Morgan fingerprint density at radius 2 is 1.75 bits per heavy atom. The lowest BCUT2D eigenvalue weighted by Crippen LogP contribution is -2.30. The van der Waals surface area contributed by atoms with Crippen molar-refractivity contribution in [3.8, 4) is 0 Å². The first-order valence-electron chi connectivity index (χ1n) is 7.67. The molecule has 0 aliphatic rings. The van der Waals surface area contributed by atoms with E-state index in [1.807, 2.05) is 32.0 Å². The van der Waals surface area contributed by atoms with E-state index >= 15 is 0 Å². The van der Waals surface area contributed by atoms with Crippen LogP contribution in [0.3, 0.4) is 0 Å². The van der Waals surface area contributed by atoms with Gasteiger partial charge in [-0.1, -0.05) is 29.8 Å². The third-order valence-electron chi connectivity index (χ3n) is 3.71. The molecule has 0 saturated heterocycles. The normalized spacial score (nSPS) is 11.7. The third-order valence-corrected chi connectivity index (χ3v) is 3.96. The first-order valence-corrected chi connectivity index (χ1v) is 8.05. The van der Waals surface area contributed by atoms with Crippen LogP contribution in [-0.2, 0) is 20.7 Å². The first kappa shape index (κ1) is 18.0. The highest BCUT2D eigenvalue weighted by atomic mass is 35.5. The zero-order valence-electron chi connectivity index (χ0n) is 13.9.